The predicted molar refractivity (Wildman–Crippen MR) is 95.2 cm³/mol. The summed E-state index contributed by atoms with van der Waals surface area (Å²) in [5.74, 6) is 1.52. The molecule has 2 aliphatic rings. The first-order chi connectivity index (χ1) is 10.8. The van der Waals surface area contributed by atoms with Gasteiger partial charge < -0.3 is 9.84 Å². The molecular weight excluding hydrogens is 272 g/mol. The van der Waals surface area contributed by atoms with Gasteiger partial charge in [-0.05, 0) is 56.8 Å². The van der Waals surface area contributed by atoms with Crippen molar-refractivity contribution in [1.29, 1.82) is 0 Å². The van der Waals surface area contributed by atoms with Crippen LogP contribution in [0, 0.1) is 11.8 Å². The van der Waals surface area contributed by atoms with E-state index in [1.807, 2.05) is 13.8 Å². The van der Waals surface area contributed by atoms with Crippen LogP contribution in [0.15, 0.2) is 0 Å². The maximum absolute atomic E-state index is 9.68. The molecule has 2 nitrogen and oxygen atoms in total. The summed E-state index contributed by atoms with van der Waals surface area (Å²) in [6.45, 7) is 7.26. The van der Waals surface area contributed by atoms with Crippen molar-refractivity contribution >= 4 is 0 Å². The Kier molecular flexibility index (Phi) is 11.2. The van der Waals surface area contributed by atoms with Gasteiger partial charge in [0.05, 0.1) is 12.2 Å². The Labute approximate surface area is 139 Å². The number of aliphatic hydroxyl groups excluding tert-OH is 1. The second kappa shape index (κ2) is 12.4. The standard InChI is InChI=1S/C18H34O2.C2H6/c1-2-3-9-18(16-10-12-17(19)13-11-16)20-14-15-7-5-4-6-8-15;1-2/h15-19H,2-14H2,1H3;1-2H3. The molecule has 0 aromatic rings. The molecule has 0 aliphatic heterocycles. The molecule has 132 valence electrons. The van der Waals surface area contributed by atoms with Crippen molar-refractivity contribution in [3.63, 3.8) is 0 Å². The number of hydrogen-bond acceptors (Lipinski definition) is 2. The van der Waals surface area contributed by atoms with Crippen LogP contribution in [0.1, 0.15) is 97.8 Å². The maximum Gasteiger partial charge on any atom is 0.0603 e. The Morgan fingerprint density at radius 1 is 0.955 bits per heavy atom. The molecule has 0 bridgehead atoms. The number of unbranched alkanes of at least 4 members (excludes halogenated alkanes) is 1. The van der Waals surface area contributed by atoms with Gasteiger partial charge in [0.2, 0.25) is 0 Å². The Morgan fingerprint density at radius 2 is 1.59 bits per heavy atom. The van der Waals surface area contributed by atoms with E-state index in [0.29, 0.717) is 12.0 Å². The summed E-state index contributed by atoms with van der Waals surface area (Å²) in [6.07, 6.45) is 15.5. The second-order valence-electron chi connectivity index (χ2n) is 7.09. The van der Waals surface area contributed by atoms with Crippen molar-refractivity contribution < 1.29 is 9.84 Å². The van der Waals surface area contributed by atoms with Crippen LogP contribution in [0.5, 0.6) is 0 Å². The molecule has 0 radical (unpaired) electrons. The first-order valence-electron chi connectivity index (χ1n) is 10.1. The zero-order valence-electron chi connectivity index (χ0n) is 15.4. The van der Waals surface area contributed by atoms with E-state index >= 15 is 0 Å². The van der Waals surface area contributed by atoms with E-state index in [1.54, 1.807) is 0 Å². The van der Waals surface area contributed by atoms with Gasteiger partial charge in [-0.25, -0.2) is 0 Å². The summed E-state index contributed by atoms with van der Waals surface area (Å²) in [7, 11) is 0. The highest BCUT2D eigenvalue weighted by Gasteiger charge is 2.28. The molecule has 0 saturated heterocycles. The van der Waals surface area contributed by atoms with Crippen LogP contribution in [-0.4, -0.2) is 23.9 Å². The van der Waals surface area contributed by atoms with Gasteiger partial charge in [0, 0.05) is 6.61 Å². The van der Waals surface area contributed by atoms with Crippen LogP contribution in [-0.2, 0) is 4.74 Å². The molecule has 0 aromatic carbocycles. The lowest BCUT2D eigenvalue weighted by atomic mass is 9.82. The summed E-state index contributed by atoms with van der Waals surface area (Å²) in [4.78, 5) is 0. The number of aliphatic hydroxyl groups is 1. The Balaban J connectivity index is 0.00000116. The third kappa shape index (κ3) is 7.46. The monoisotopic (exact) mass is 312 g/mol. The first kappa shape index (κ1) is 20.0. The van der Waals surface area contributed by atoms with Gasteiger partial charge >= 0.3 is 0 Å². The Bertz CT molecular complexity index is 240. The molecule has 0 amide bonds. The number of rotatable bonds is 7. The third-order valence-corrected chi connectivity index (χ3v) is 5.38. The summed E-state index contributed by atoms with van der Waals surface area (Å²) in [5.41, 5.74) is 0. The predicted octanol–water partition coefficient (Wildman–Crippen LogP) is 5.72. The molecule has 22 heavy (non-hydrogen) atoms. The number of hydrogen-bond donors (Lipinski definition) is 1. The molecule has 1 atom stereocenters. The highest BCUT2D eigenvalue weighted by molar-refractivity contribution is 4.79. The minimum Gasteiger partial charge on any atom is -0.393 e. The van der Waals surface area contributed by atoms with E-state index in [0.717, 1.165) is 25.4 Å². The molecule has 2 rings (SSSR count). The average Bonchev–Trinajstić information content (AvgIpc) is 2.59. The van der Waals surface area contributed by atoms with E-state index in [9.17, 15) is 5.11 Å². The van der Waals surface area contributed by atoms with Crippen LogP contribution in [0.25, 0.3) is 0 Å². The fourth-order valence-electron chi connectivity index (χ4n) is 3.95. The van der Waals surface area contributed by atoms with E-state index in [2.05, 4.69) is 6.92 Å². The zero-order valence-corrected chi connectivity index (χ0v) is 15.4. The SMILES string of the molecule is CC.CCCCC(OCC1CCCCC1)C1CCC(O)CC1. The minimum atomic E-state index is -0.0450. The third-order valence-electron chi connectivity index (χ3n) is 5.38. The van der Waals surface area contributed by atoms with Crippen molar-refractivity contribution in [2.75, 3.05) is 6.61 Å². The summed E-state index contributed by atoms with van der Waals surface area (Å²) < 4.78 is 6.38. The van der Waals surface area contributed by atoms with Gasteiger partial charge in [-0.3, -0.25) is 0 Å². The van der Waals surface area contributed by atoms with E-state index in [-0.39, 0.29) is 6.10 Å². The van der Waals surface area contributed by atoms with E-state index < -0.39 is 0 Å². The van der Waals surface area contributed by atoms with Crippen LogP contribution in [0.3, 0.4) is 0 Å². The lowest BCUT2D eigenvalue weighted by Gasteiger charge is -2.33. The molecule has 2 saturated carbocycles. The van der Waals surface area contributed by atoms with Gasteiger partial charge in [0.25, 0.3) is 0 Å². The van der Waals surface area contributed by atoms with Gasteiger partial charge in [-0.15, -0.1) is 0 Å². The van der Waals surface area contributed by atoms with Crippen LogP contribution in [0.4, 0.5) is 0 Å². The summed E-state index contributed by atoms with van der Waals surface area (Å²) in [5, 5.41) is 9.68. The van der Waals surface area contributed by atoms with Crippen molar-refractivity contribution in [2.24, 2.45) is 11.8 Å². The molecule has 0 aromatic heterocycles. The molecular formula is C20H40O2. The molecule has 2 heteroatoms. The van der Waals surface area contributed by atoms with Crippen molar-refractivity contribution in [2.45, 2.75) is 110 Å². The maximum atomic E-state index is 9.68. The second-order valence-corrected chi connectivity index (χ2v) is 7.09. The van der Waals surface area contributed by atoms with Gasteiger partial charge in [0.1, 0.15) is 0 Å². The first-order valence-corrected chi connectivity index (χ1v) is 10.1. The fraction of sp³-hybridized carbons (Fsp3) is 1.00. The lowest BCUT2D eigenvalue weighted by molar-refractivity contribution is -0.0378. The molecule has 0 heterocycles. The van der Waals surface area contributed by atoms with Crippen molar-refractivity contribution in [3.8, 4) is 0 Å². The van der Waals surface area contributed by atoms with Crippen molar-refractivity contribution in [1.82, 2.24) is 0 Å². The molecule has 2 aliphatic carbocycles. The fourth-order valence-corrected chi connectivity index (χ4v) is 3.95. The Hall–Kier alpha value is -0.0800. The highest BCUT2D eigenvalue weighted by Crippen LogP contribution is 2.32. The Morgan fingerprint density at radius 3 is 2.18 bits per heavy atom. The number of ether oxygens (including phenoxy) is 1. The molecule has 0 spiro atoms. The van der Waals surface area contributed by atoms with Gasteiger partial charge in [-0.2, -0.15) is 0 Å². The topological polar surface area (TPSA) is 29.5 Å². The average molecular weight is 313 g/mol. The molecule has 1 unspecified atom stereocenters. The molecule has 2 fully saturated rings. The smallest absolute Gasteiger partial charge is 0.0603 e. The summed E-state index contributed by atoms with van der Waals surface area (Å²) in [6, 6.07) is 0. The van der Waals surface area contributed by atoms with E-state index in [1.165, 1.54) is 64.2 Å². The van der Waals surface area contributed by atoms with E-state index in [4.69, 9.17) is 4.74 Å². The van der Waals surface area contributed by atoms with Crippen LogP contribution >= 0.6 is 0 Å². The normalized spacial score (nSPS) is 27.8. The lowest BCUT2D eigenvalue weighted by Crippen LogP contribution is -2.31. The zero-order chi connectivity index (χ0) is 16.2. The van der Waals surface area contributed by atoms with Gasteiger partial charge in [-0.1, -0.05) is 52.9 Å². The quantitative estimate of drug-likeness (QED) is 0.651. The van der Waals surface area contributed by atoms with Crippen molar-refractivity contribution in [3.05, 3.63) is 0 Å². The minimum absolute atomic E-state index is 0.0450. The largest absolute Gasteiger partial charge is 0.393 e. The van der Waals surface area contributed by atoms with Crippen LogP contribution in [0.2, 0.25) is 0 Å². The highest BCUT2D eigenvalue weighted by atomic mass is 16.5. The van der Waals surface area contributed by atoms with Crippen LogP contribution < -0.4 is 0 Å². The van der Waals surface area contributed by atoms with Gasteiger partial charge in [0.15, 0.2) is 0 Å². The summed E-state index contributed by atoms with van der Waals surface area (Å²) >= 11 is 0. The molecule has 1 N–H and O–H groups in total.